The van der Waals surface area contributed by atoms with Crippen molar-refractivity contribution in [3.05, 3.63) is 93.8 Å². The van der Waals surface area contributed by atoms with Gasteiger partial charge in [0.1, 0.15) is 0 Å². The van der Waals surface area contributed by atoms with Crippen LogP contribution in [0.1, 0.15) is 16.7 Å². The number of carbonyl (C=O) groups excluding carboxylic acids is 1. The lowest BCUT2D eigenvalue weighted by Gasteiger charge is -2.14. The maximum absolute atomic E-state index is 13.3. The quantitative estimate of drug-likeness (QED) is 0.356. The summed E-state index contributed by atoms with van der Waals surface area (Å²) in [5, 5.41) is 4.03. The van der Waals surface area contributed by atoms with Gasteiger partial charge in [0.25, 0.3) is 5.56 Å². The standard InChI is InChI=1S/C25H23N3O2S/c1-16-8-6-11-19(14-16)28-24(30)20-12-4-5-13-21(20)26-25(28)31-15-22(29)27-23-17(2)9-7-10-18(23)3/h4-14H,15H2,1-3H3,(H,27,29). The number of nitrogens with one attached hydrogen (secondary N) is 1. The second-order valence-corrected chi connectivity index (χ2v) is 8.44. The van der Waals surface area contributed by atoms with E-state index in [4.69, 9.17) is 4.98 Å². The van der Waals surface area contributed by atoms with Crippen LogP contribution in [0.2, 0.25) is 0 Å². The van der Waals surface area contributed by atoms with Gasteiger partial charge in [-0.15, -0.1) is 0 Å². The van der Waals surface area contributed by atoms with Gasteiger partial charge in [0.15, 0.2) is 5.16 Å². The number of hydrogen-bond acceptors (Lipinski definition) is 4. The fourth-order valence-corrected chi connectivity index (χ4v) is 4.33. The number of para-hydroxylation sites is 2. The molecule has 1 aromatic heterocycles. The number of hydrogen-bond donors (Lipinski definition) is 1. The van der Waals surface area contributed by atoms with Crippen molar-refractivity contribution >= 4 is 34.3 Å². The third kappa shape index (κ3) is 4.39. The number of anilines is 1. The van der Waals surface area contributed by atoms with E-state index in [1.807, 2.05) is 81.4 Å². The molecule has 0 atom stereocenters. The zero-order valence-corrected chi connectivity index (χ0v) is 18.5. The molecule has 1 amide bonds. The van der Waals surface area contributed by atoms with Crippen molar-refractivity contribution in [2.75, 3.05) is 11.1 Å². The number of nitrogens with zero attached hydrogens (tertiary/aromatic N) is 2. The van der Waals surface area contributed by atoms with Crippen LogP contribution in [-0.4, -0.2) is 21.2 Å². The van der Waals surface area contributed by atoms with Crippen molar-refractivity contribution in [3.63, 3.8) is 0 Å². The molecule has 0 aliphatic carbocycles. The van der Waals surface area contributed by atoms with Crippen LogP contribution in [0.5, 0.6) is 0 Å². The Bertz CT molecular complexity index is 1320. The topological polar surface area (TPSA) is 64.0 Å². The Morgan fingerprint density at radius 1 is 0.968 bits per heavy atom. The van der Waals surface area contributed by atoms with Crippen molar-refractivity contribution in [1.82, 2.24) is 9.55 Å². The number of aryl methyl sites for hydroxylation is 3. The van der Waals surface area contributed by atoms with Crippen molar-refractivity contribution in [3.8, 4) is 5.69 Å². The fraction of sp³-hybridized carbons (Fsp3) is 0.160. The van der Waals surface area contributed by atoms with E-state index in [1.165, 1.54) is 11.8 Å². The largest absolute Gasteiger partial charge is 0.325 e. The molecule has 0 saturated carbocycles. The highest BCUT2D eigenvalue weighted by molar-refractivity contribution is 7.99. The van der Waals surface area contributed by atoms with Crippen LogP contribution in [0.15, 0.2) is 76.7 Å². The van der Waals surface area contributed by atoms with E-state index in [0.717, 1.165) is 28.1 Å². The van der Waals surface area contributed by atoms with Crippen LogP contribution in [0.3, 0.4) is 0 Å². The lowest BCUT2D eigenvalue weighted by molar-refractivity contribution is -0.113. The number of carbonyl (C=O) groups is 1. The zero-order valence-electron chi connectivity index (χ0n) is 17.7. The van der Waals surface area contributed by atoms with E-state index in [2.05, 4.69) is 5.32 Å². The van der Waals surface area contributed by atoms with Gasteiger partial charge in [-0.25, -0.2) is 4.98 Å². The summed E-state index contributed by atoms with van der Waals surface area (Å²) < 4.78 is 1.59. The number of rotatable bonds is 5. The Labute approximate surface area is 185 Å². The molecular weight excluding hydrogens is 406 g/mol. The molecular formula is C25H23N3O2S. The molecule has 1 N–H and O–H groups in total. The van der Waals surface area contributed by atoms with Gasteiger partial charge in [-0.1, -0.05) is 54.2 Å². The first kappa shape index (κ1) is 20.9. The number of thioether (sulfide) groups is 1. The molecule has 4 aromatic rings. The van der Waals surface area contributed by atoms with Gasteiger partial charge in [-0.3, -0.25) is 14.2 Å². The summed E-state index contributed by atoms with van der Waals surface area (Å²) in [5.41, 5.74) is 5.11. The molecule has 3 aromatic carbocycles. The first-order valence-electron chi connectivity index (χ1n) is 10.0. The van der Waals surface area contributed by atoms with E-state index >= 15 is 0 Å². The number of amides is 1. The minimum absolute atomic E-state index is 0.138. The van der Waals surface area contributed by atoms with E-state index < -0.39 is 0 Å². The van der Waals surface area contributed by atoms with Gasteiger partial charge < -0.3 is 5.32 Å². The number of benzene rings is 3. The summed E-state index contributed by atoms with van der Waals surface area (Å²) in [6.07, 6.45) is 0. The molecule has 156 valence electrons. The van der Waals surface area contributed by atoms with Gasteiger partial charge >= 0.3 is 0 Å². The Balaban J connectivity index is 1.69. The van der Waals surface area contributed by atoms with Gasteiger partial charge in [0, 0.05) is 5.69 Å². The Kier molecular flexibility index (Phi) is 5.91. The molecule has 0 aliphatic rings. The predicted octanol–water partition coefficient (Wildman–Crippen LogP) is 5.04. The Morgan fingerprint density at radius 3 is 2.42 bits per heavy atom. The van der Waals surface area contributed by atoms with E-state index in [9.17, 15) is 9.59 Å². The number of fused-ring (bicyclic) bond motifs is 1. The zero-order chi connectivity index (χ0) is 22.0. The van der Waals surface area contributed by atoms with Gasteiger partial charge in [0.05, 0.1) is 22.3 Å². The van der Waals surface area contributed by atoms with Gasteiger partial charge in [-0.05, 0) is 61.7 Å². The summed E-state index contributed by atoms with van der Waals surface area (Å²) >= 11 is 1.26. The third-order valence-corrected chi connectivity index (χ3v) is 6.02. The molecule has 31 heavy (non-hydrogen) atoms. The summed E-state index contributed by atoms with van der Waals surface area (Å²) in [6, 6.07) is 20.9. The van der Waals surface area contributed by atoms with Crippen LogP contribution >= 0.6 is 11.8 Å². The molecule has 0 radical (unpaired) electrons. The van der Waals surface area contributed by atoms with Crippen LogP contribution in [-0.2, 0) is 4.79 Å². The van der Waals surface area contributed by atoms with Crippen molar-refractivity contribution < 1.29 is 4.79 Å². The molecule has 5 nitrogen and oxygen atoms in total. The van der Waals surface area contributed by atoms with E-state index in [0.29, 0.717) is 16.1 Å². The minimum Gasteiger partial charge on any atom is -0.325 e. The molecule has 0 aliphatic heterocycles. The van der Waals surface area contributed by atoms with E-state index in [1.54, 1.807) is 10.6 Å². The summed E-state index contributed by atoms with van der Waals surface area (Å²) in [4.78, 5) is 30.7. The Morgan fingerprint density at radius 2 is 1.68 bits per heavy atom. The highest BCUT2D eigenvalue weighted by Crippen LogP contribution is 2.23. The molecule has 0 saturated heterocycles. The maximum Gasteiger partial charge on any atom is 0.266 e. The smallest absolute Gasteiger partial charge is 0.266 e. The average molecular weight is 430 g/mol. The highest BCUT2D eigenvalue weighted by Gasteiger charge is 2.15. The SMILES string of the molecule is Cc1cccc(-n2c(SCC(=O)Nc3c(C)cccc3C)nc3ccccc3c2=O)c1. The second-order valence-electron chi connectivity index (χ2n) is 7.49. The van der Waals surface area contributed by atoms with Crippen LogP contribution in [0.25, 0.3) is 16.6 Å². The molecule has 0 unspecified atom stereocenters. The molecule has 1 heterocycles. The molecule has 0 fully saturated rings. The Hall–Kier alpha value is -3.38. The monoisotopic (exact) mass is 429 g/mol. The molecule has 0 bridgehead atoms. The van der Waals surface area contributed by atoms with Crippen molar-refractivity contribution in [2.45, 2.75) is 25.9 Å². The normalized spacial score (nSPS) is 10.9. The second kappa shape index (κ2) is 8.78. The van der Waals surface area contributed by atoms with Gasteiger partial charge in [0.2, 0.25) is 5.91 Å². The lowest BCUT2D eigenvalue weighted by atomic mass is 10.1. The molecule has 6 heteroatoms. The number of aromatic nitrogens is 2. The van der Waals surface area contributed by atoms with E-state index in [-0.39, 0.29) is 17.2 Å². The first-order valence-corrected chi connectivity index (χ1v) is 11.0. The third-order valence-electron chi connectivity index (χ3n) is 5.08. The summed E-state index contributed by atoms with van der Waals surface area (Å²) in [7, 11) is 0. The summed E-state index contributed by atoms with van der Waals surface area (Å²) in [6.45, 7) is 5.92. The average Bonchev–Trinajstić information content (AvgIpc) is 2.75. The maximum atomic E-state index is 13.3. The lowest BCUT2D eigenvalue weighted by Crippen LogP contribution is -2.23. The van der Waals surface area contributed by atoms with Crippen LogP contribution < -0.4 is 10.9 Å². The van der Waals surface area contributed by atoms with Gasteiger partial charge in [-0.2, -0.15) is 0 Å². The van der Waals surface area contributed by atoms with Crippen molar-refractivity contribution in [2.24, 2.45) is 0 Å². The fourth-order valence-electron chi connectivity index (χ4n) is 3.52. The minimum atomic E-state index is -0.145. The van der Waals surface area contributed by atoms with Crippen LogP contribution in [0, 0.1) is 20.8 Å². The molecule has 4 rings (SSSR count). The highest BCUT2D eigenvalue weighted by atomic mass is 32.2. The van der Waals surface area contributed by atoms with Crippen LogP contribution in [0.4, 0.5) is 5.69 Å². The predicted molar refractivity (Wildman–Crippen MR) is 127 cm³/mol. The van der Waals surface area contributed by atoms with Crippen molar-refractivity contribution in [1.29, 1.82) is 0 Å². The summed E-state index contributed by atoms with van der Waals surface area (Å²) in [5.74, 6) is 0.00489. The first-order chi connectivity index (χ1) is 14.9. The molecule has 0 spiro atoms.